The van der Waals surface area contributed by atoms with Gasteiger partial charge in [0.2, 0.25) is 5.95 Å². The molecule has 20 heteroatoms. The number of non-ortho nitro benzene ring substituents is 1. The molecule has 8 rings (SSSR count). The molecule has 0 radical (unpaired) electrons. The zero-order valence-electron chi connectivity index (χ0n) is 34.6. The first-order chi connectivity index (χ1) is 29.9. The Morgan fingerprint density at radius 1 is 1.02 bits per heavy atom. The van der Waals surface area contributed by atoms with Gasteiger partial charge in [-0.15, -0.1) is 5.10 Å². The monoisotopic (exact) mass is 880 g/mol. The molecule has 4 aromatic heterocycles. The number of imidazole rings is 1. The first-order valence-electron chi connectivity index (χ1n) is 19.7. The summed E-state index contributed by atoms with van der Waals surface area (Å²) in [7, 11) is -1.51. The van der Waals surface area contributed by atoms with Crippen LogP contribution < -0.4 is 15.7 Å². The standard InChI is InChI=1S/C43H41FN8O10S/c1-43(2,3)62-40(53)46-27-14-15-29(21-27)50-37-33(49(5)41(50)54)22-45-39-35(37)34(36(32-23-48(4)47-38(32)44)51(39)63(58,59)31-12-7-6-8-13-31)26-11-9-10-25(20-26)24-60-42(55)61-30-18-16-28(17-19-30)52(56)57/h6-13,16-20,22-23,27,29H,14-15,21,24H2,1-5H3,(H,46,53)/t27-,29-/m1/s1. The number of ether oxygens (including phenoxy) is 3. The van der Waals surface area contributed by atoms with Gasteiger partial charge >= 0.3 is 17.9 Å². The lowest BCUT2D eigenvalue weighted by molar-refractivity contribution is -0.384. The van der Waals surface area contributed by atoms with Crippen molar-refractivity contribution in [2.24, 2.45) is 14.1 Å². The third kappa shape index (κ3) is 8.11. The molecule has 2 atom stereocenters. The van der Waals surface area contributed by atoms with Gasteiger partial charge in [0, 0.05) is 50.1 Å². The minimum atomic E-state index is -4.58. The van der Waals surface area contributed by atoms with Crippen molar-refractivity contribution in [3.8, 4) is 28.1 Å². The molecule has 1 N–H and O–H groups in total. The van der Waals surface area contributed by atoms with E-state index in [0.29, 0.717) is 41.4 Å². The number of fused-ring (bicyclic) bond motifs is 3. The Hall–Kier alpha value is -7.35. The molecule has 0 unspecified atom stereocenters. The van der Waals surface area contributed by atoms with E-state index in [9.17, 15) is 32.9 Å². The van der Waals surface area contributed by atoms with Gasteiger partial charge in [-0.2, -0.15) is 4.39 Å². The van der Waals surface area contributed by atoms with E-state index >= 15 is 4.39 Å². The number of carbonyl (C=O) groups excluding carboxylic acids is 2. The summed E-state index contributed by atoms with van der Waals surface area (Å²) in [4.78, 5) is 55.0. The highest BCUT2D eigenvalue weighted by molar-refractivity contribution is 7.90. The number of aromatic nitrogens is 6. The predicted molar refractivity (Wildman–Crippen MR) is 227 cm³/mol. The van der Waals surface area contributed by atoms with Crippen molar-refractivity contribution in [3.63, 3.8) is 0 Å². The summed E-state index contributed by atoms with van der Waals surface area (Å²) in [5.41, 5.74) is -0.136. The Bertz CT molecular complexity index is 3110. The number of pyridine rings is 1. The van der Waals surface area contributed by atoms with Gasteiger partial charge in [-0.05, 0) is 81.5 Å². The van der Waals surface area contributed by atoms with Crippen LogP contribution in [0.5, 0.6) is 5.75 Å². The van der Waals surface area contributed by atoms with Gasteiger partial charge in [0.05, 0.1) is 43.7 Å². The summed E-state index contributed by atoms with van der Waals surface area (Å²) in [6, 6.07) is 18.2. The van der Waals surface area contributed by atoms with Crippen molar-refractivity contribution in [2.45, 2.75) is 69.2 Å². The van der Waals surface area contributed by atoms with Crippen molar-refractivity contribution >= 4 is 50.0 Å². The Morgan fingerprint density at radius 3 is 2.41 bits per heavy atom. The molecule has 0 saturated heterocycles. The number of nitro benzene ring substituents is 1. The lowest BCUT2D eigenvalue weighted by Gasteiger charge is -2.22. The van der Waals surface area contributed by atoms with E-state index in [-0.39, 0.29) is 56.8 Å². The van der Waals surface area contributed by atoms with Crippen LogP contribution in [-0.2, 0) is 40.2 Å². The number of nitrogens with one attached hydrogen (secondary N) is 1. The van der Waals surface area contributed by atoms with Gasteiger partial charge in [0.25, 0.3) is 15.7 Å². The van der Waals surface area contributed by atoms with Crippen molar-refractivity contribution in [2.75, 3.05) is 0 Å². The number of halogens is 1. The second-order valence-electron chi connectivity index (χ2n) is 16.1. The van der Waals surface area contributed by atoms with Crippen LogP contribution in [-0.4, -0.2) is 65.1 Å². The number of amides is 1. The van der Waals surface area contributed by atoms with E-state index in [1.165, 1.54) is 65.1 Å². The Balaban J connectivity index is 1.32. The zero-order valence-corrected chi connectivity index (χ0v) is 35.5. The quantitative estimate of drug-likeness (QED) is 0.0617. The van der Waals surface area contributed by atoms with E-state index < -0.39 is 50.5 Å². The van der Waals surface area contributed by atoms with Gasteiger partial charge < -0.3 is 19.5 Å². The fourth-order valence-electron chi connectivity index (χ4n) is 7.98. The number of alkyl carbamates (subject to hydrolysis) is 1. The largest absolute Gasteiger partial charge is 0.514 e. The zero-order chi connectivity index (χ0) is 45.0. The topological polar surface area (TPSA) is 214 Å². The molecular formula is C43H41FN8O10S. The Kier molecular flexibility index (Phi) is 10.9. The van der Waals surface area contributed by atoms with Crippen LogP contribution >= 0.6 is 0 Å². The number of benzene rings is 3. The van der Waals surface area contributed by atoms with Crippen molar-refractivity contribution in [1.82, 2.24) is 33.2 Å². The summed E-state index contributed by atoms with van der Waals surface area (Å²) in [6.07, 6.45) is 2.38. The molecule has 7 aromatic rings. The molecule has 18 nitrogen and oxygen atoms in total. The van der Waals surface area contributed by atoms with E-state index in [2.05, 4.69) is 10.4 Å². The molecule has 1 fully saturated rings. The first kappa shape index (κ1) is 42.3. The van der Waals surface area contributed by atoms with Crippen LogP contribution in [0.1, 0.15) is 51.6 Å². The van der Waals surface area contributed by atoms with Crippen molar-refractivity contribution in [3.05, 3.63) is 123 Å². The molecule has 4 heterocycles. The molecule has 1 amide bonds. The van der Waals surface area contributed by atoms with E-state index in [0.717, 1.165) is 3.97 Å². The van der Waals surface area contributed by atoms with E-state index in [4.69, 9.17) is 19.2 Å². The highest BCUT2D eigenvalue weighted by Crippen LogP contribution is 2.46. The molecule has 0 spiro atoms. The summed E-state index contributed by atoms with van der Waals surface area (Å²) >= 11 is 0. The first-order valence-corrected chi connectivity index (χ1v) is 21.2. The number of rotatable bonds is 10. The van der Waals surface area contributed by atoms with Crippen LogP contribution in [0.3, 0.4) is 0 Å². The molecule has 0 bridgehead atoms. The second kappa shape index (κ2) is 16.2. The highest BCUT2D eigenvalue weighted by atomic mass is 32.2. The smallest absolute Gasteiger partial charge is 0.444 e. The maximum absolute atomic E-state index is 16.2. The Morgan fingerprint density at radius 2 is 1.75 bits per heavy atom. The van der Waals surface area contributed by atoms with E-state index in [1.54, 1.807) is 74.9 Å². The average Bonchev–Trinajstić information content (AvgIpc) is 3.99. The SMILES string of the molecule is Cn1cc(-c2c(-c3cccc(COC(=O)Oc4ccc([N+](=O)[O-])cc4)c3)c3c(ncc4c3n([C@@H]3CC[C@@H](NC(=O)OC(C)(C)C)C3)c(=O)n4C)n2S(=O)(=O)c2ccccc2)c(F)n1. The van der Waals surface area contributed by atoms with Gasteiger partial charge in [0.1, 0.15) is 18.0 Å². The average molecular weight is 881 g/mol. The fraction of sp³-hybridized carbons (Fsp3) is 0.279. The van der Waals surface area contributed by atoms with Gasteiger partial charge in [-0.3, -0.25) is 23.9 Å². The number of aryl methyl sites for hydroxylation is 2. The van der Waals surface area contributed by atoms with Gasteiger partial charge in [-0.1, -0.05) is 36.4 Å². The predicted octanol–water partition coefficient (Wildman–Crippen LogP) is 7.38. The molecule has 3 aromatic carbocycles. The molecule has 63 heavy (non-hydrogen) atoms. The summed E-state index contributed by atoms with van der Waals surface area (Å²) in [6.45, 7) is 4.93. The fourth-order valence-corrected chi connectivity index (χ4v) is 9.48. The molecule has 1 saturated carbocycles. The molecule has 1 aliphatic carbocycles. The normalized spacial score (nSPS) is 15.5. The maximum Gasteiger partial charge on any atom is 0.514 e. The van der Waals surface area contributed by atoms with E-state index in [1.807, 2.05) is 0 Å². The molecule has 1 aliphatic rings. The van der Waals surface area contributed by atoms with Crippen molar-refractivity contribution < 1.29 is 41.5 Å². The number of nitrogens with zero attached hydrogens (tertiary/aromatic N) is 7. The summed E-state index contributed by atoms with van der Waals surface area (Å²) in [5, 5.41) is 18.1. The van der Waals surface area contributed by atoms with Crippen molar-refractivity contribution in [1.29, 1.82) is 0 Å². The van der Waals surface area contributed by atoms with Gasteiger partial charge in [-0.25, -0.2) is 31.8 Å². The lowest BCUT2D eigenvalue weighted by Crippen LogP contribution is -2.38. The minimum Gasteiger partial charge on any atom is -0.444 e. The van der Waals surface area contributed by atoms with Crippen LogP contribution in [0.15, 0.2) is 101 Å². The molecule has 0 aliphatic heterocycles. The summed E-state index contributed by atoms with van der Waals surface area (Å²) in [5.74, 6) is -0.970. The third-order valence-corrected chi connectivity index (χ3v) is 12.3. The minimum absolute atomic E-state index is 0.00885. The van der Waals surface area contributed by atoms with Crippen LogP contribution in [0.25, 0.3) is 44.5 Å². The van der Waals surface area contributed by atoms with Crippen LogP contribution in [0.2, 0.25) is 0 Å². The highest BCUT2D eigenvalue weighted by Gasteiger charge is 2.37. The van der Waals surface area contributed by atoms with Gasteiger partial charge in [0.15, 0.2) is 5.65 Å². The maximum atomic E-state index is 16.2. The number of hydrogen-bond donors (Lipinski definition) is 1. The number of hydrogen-bond acceptors (Lipinski definition) is 12. The number of carbonyl (C=O) groups is 2. The second-order valence-corrected chi connectivity index (χ2v) is 17.9. The van der Waals surface area contributed by atoms with Crippen LogP contribution in [0.4, 0.5) is 19.7 Å². The van der Waals surface area contributed by atoms with Crippen LogP contribution in [0, 0.1) is 16.1 Å². The number of nitro groups is 1. The third-order valence-electron chi connectivity index (χ3n) is 10.6. The lowest BCUT2D eigenvalue weighted by atomic mass is 9.98. The summed E-state index contributed by atoms with van der Waals surface area (Å²) < 4.78 is 67.5. The molecule has 326 valence electrons. The Labute approximate surface area is 358 Å². The molecular weight excluding hydrogens is 840 g/mol.